The number of carbonyl (C=O) groups excluding carboxylic acids is 1. The monoisotopic (exact) mass is 328 g/mol. The molecule has 0 bridgehead atoms. The minimum absolute atomic E-state index is 0.0978. The van der Waals surface area contributed by atoms with Crippen molar-refractivity contribution in [3.63, 3.8) is 0 Å². The summed E-state index contributed by atoms with van der Waals surface area (Å²) in [7, 11) is 1.04. The number of rotatable bonds is 2. The van der Waals surface area contributed by atoms with Gasteiger partial charge in [0.25, 0.3) is 0 Å². The topological polar surface area (TPSA) is 65.2 Å². The van der Waals surface area contributed by atoms with E-state index in [-0.39, 0.29) is 22.5 Å². The summed E-state index contributed by atoms with van der Waals surface area (Å²) >= 11 is 0. The number of carbonyl (C=O) groups is 1. The van der Waals surface area contributed by atoms with Crippen LogP contribution in [0.4, 0.5) is 23.2 Å². The zero-order valence-electron chi connectivity index (χ0n) is 12.2. The van der Waals surface area contributed by atoms with Crippen LogP contribution in [0.5, 0.6) is 0 Å². The third-order valence-corrected chi connectivity index (χ3v) is 3.22. The lowest BCUT2D eigenvalue weighted by Gasteiger charge is -2.16. The van der Waals surface area contributed by atoms with Crippen molar-refractivity contribution in [2.24, 2.45) is 0 Å². The first-order valence-corrected chi connectivity index (χ1v) is 6.36. The van der Waals surface area contributed by atoms with Crippen molar-refractivity contribution in [1.82, 2.24) is 4.98 Å². The largest absolute Gasteiger partial charge is 0.465 e. The standard InChI is InChI=1S/C15H12F4N2O2/c1-7-3-13(21-6-11(7)16)8-5-12(20)9(14(22)23-2)4-10(8)15(17,18)19/h3-6H,20H2,1-2H3. The van der Waals surface area contributed by atoms with E-state index in [2.05, 4.69) is 9.72 Å². The molecule has 23 heavy (non-hydrogen) atoms. The molecule has 0 aliphatic heterocycles. The Morgan fingerprint density at radius 1 is 1.26 bits per heavy atom. The highest BCUT2D eigenvalue weighted by atomic mass is 19.4. The second kappa shape index (κ2) is 5.86. The number of pyridine rings is 1. The Balaban J connectivity index is 2.74. The summed E-state index contributed by atoms with van der Waals surface area (Å²) in [5.74, 6) is -1.62. The SMILES string of the molecule is COC(=O)c1cc(C(F)(F)F)c(-c2cc(C)c(F)cn2)cc1N. The fourth-order valence-corrected chi connectivity index (χ4v) is 2.04. The summed E-state index contributed by atoms with van der Waals surface area (Å²) in [5, 5.41) is 0. The fourth-order valence-electron chi connectivity index (χ4n) is 2.04. The molecule has 2 rings (SSSR count). The van der Waals surface area contributed by atoms with Crippen molar-refractivity contribution >= 4 is 11.7 Å². The van der Waals surface area contributed by atoms with Gasteiger partial charge in [-0.3, -0.25) is 4.98 Å². The number of hydrogen-bond donors (Lipinski definition) is 1. The number of nitrogen functional groups attached to an aromatic ring is 1. The highest BCUT2D eigenvalue weighted by molar-refractivity contribution is 5.96. The van der Waals surface area contributed by atoms with E-state index in [1.807, 2.05) is 0 Å². The molecule has 0 saturated carbocycles. The molecule has 0 aliphatic rings. The van der Waals surface area contributed by atoms with E-state index in [0.29, 0.717) is 6.07 Å². The van der Waals surface area contributed by atoms with Crippen molar-refractivity contribution in [3.8, 4) is 11.3 Å². The number of aryl methyl sites for hydroxylation is 1. The molecule has 0 radical (unpaired) electrons. The number of nitrogens with two attached hydrogens (primary N) is 1. The van der Waals surface area contributed by atoms with Gasteiger partial charge in [0.2, 0.25) is 0 Å². The van der Waals surface area contributed by atoms with Crippen molar-refractivity contribution in [2.75, 3.05) is 12.8 Å². The van der Waals surface area contributed by atoms with E-state index in [9.17, 15) is 22.4 Å². The van der Waals surface area contributed by atoms with Crippen LogP contribution in [0.25, 0.3) is 11.3 Å². The molecule has 0 saturated heterocycles. The van der Waals surface area contributed by atoms with Crippen LogP contribution in [0.1, 0.15) is 21.5 Å². The molecule has 0 spiro atoms. The van der Waals surface area contributed by atoms with Gasteiger partial charge >= 0.3 is 12.1 Å². The lowest BCUT2D eigenvalue weighted by atomic mass is 9.98. The number of anilines is 1. The van der Waals surface area contributed by atoms with Gasteiger partial charge in [0.05, 0.1) is 30.1 Å². The molecule has 0 aliphatic carbocycles. The summed E-state index contributed by atoms with van der Waals surface area (Å²) in [5.41, 5.74) is 3.65. The molecule has 0 unspecified atom stereocenters. The number of nitrogens with zero attached hydrogens (tertiary/aromatic N) is 1. The van der Waals surface area contributed by atoms with E-state index in [4.69, 9.17) is 5.73 Å². The molecular formula is C15H12F4N2O2. The molecule has 2 N–H and O–H groups in total. The minimum atomic E-state index is -4.75. The van der Waals surface area contributed by atoms with Gasteiger partial charge in [0.15, 0.2) is 0 Å². The average molecular weight is 328 g/mol. The number of methoxy groups -OCH3 is 1. The predicted molar refractivity (Wildman–Crippen MR) is 75.1 cm³/mol. The Morgan fingerprint density at radius 3 is 2.43 bits per heavy atom. The molecule has 1 heterocycles. The van der Waals surface area contributed by atoms with Gasteiger partial charge in [-0.1, -0.05) is 0 Å². The zero-order valence-corrected chi connectivity index (χ0v) is 12.2. The van der Waals surface area contributed by atoms with Gasteiger partial charge < -0.3 is 10.5 Å². The minimum Gasteiger partial charge on any atom is -0.465 e. The maximum Gasteiger partial charge on any atom is 0.417 e. The van der Waals surface area contributed by atoms with Gasteiger partial charge in [-0.2, -0.15) is 13.2 Å². The van der Waals surface area contributed by atoms with Crippen LogP contribution >= 0.6 is 0 Å². The number of esters is 1. The molecule has 4 nitrogen and oxygen atoms in total. The van der Waals surface area contributed by atoms with Crippen LogP contribution in [-0.2, 0) is 10.9 Å². The number of benzene rings is 1. The Morgan fingerprint density at radius 2 is 1.91 bits per heavy atom. The summed E-state index contributed by atoms with van der Waals surface area (Å²) in [4.78, 5) is 15.2. The lowest BCUT2D eigenvalue weighted by Crippen LogP contribution is -2.13. The molecule has 2 aromatic rings. The van der Waals surface area contributed by atoms with Crippen LogP contribution in [-0.4, -0.2) is 18.1 Å². The molecule has 122 valence electrons. The van der Waals surface area contributed by atoms with Gasteiger partial charge in [0.1, 0.15) is 5.82 Å². The smallest absolute Gasteiger partial charge is 0.417 e. The van der Waals surface area contributed by atoms with E-state index >= 15 is 0 Å². The number of halogens is 4. The van der Waals surface area contributed by atoms with Crippen molar-refractivity contribution < 1.29 is 27.1 Å². The zero-order chi connectivity index (χ0) is 17.4. The van der Waals surface area contributed by atoms with Crippen LogP contribution in [0, 0.1) is 12.7 Å². The summed E-state index contributed by atoms with van der Waals surface area (Å²) in [6.45, 7) is 1.40. The first-order valence-electron chi connectivity index (χ1n) is 6.36. The van der Waals surface area contributed by atoms with Crippen LogP contribution in [0.2, 0.25) is 0 Å². The predicted octanol–water partition coefficient (Wildman–Crippen LogP) is 3.58. The molecule has 0 fully saturated rings. The van der Waals surface area contributed by atoms with E-state index in [1.165, 1.54) is 13.0 Å². The van der Waals surface area contributed by atoms with Gasteiger partial charge in [-0.05, 0) is 30.7 Å². The van der Waals surface area contributed by atoms with Crippen LogP contribution in [0.15, 0.2) is 24.4 Å². The Labute approximate surface area is 128 Å². The first kappa shape index (κ1) is 16.7. The van der Waals surface area contributed by atoms with Crippen LogP contribution in [0.3, 0.4) is 0 Å². The maximum absolute atomic E-state index is 13.3. The maximum atomic E-state index is 13.3. The normalized spacial score (nSPS) is 11.4. The molecule has 1 aromatic carbocycles. The summed E-state index contributed by atoms with van der Waals surface area (Å²) < 4.78 is 57.6. The number of alkyl halides is 3. The third-order valence-electron chi connectivity index (χ3n) is 3.22. The van der Waals surface area contributed by atoms with Crippen molar-refractivity contribution in [3.05, 3.63) is 46.9 Å². The summed E-state index contributed by atoms with van der Waals surface area (Å²) in [6, 6.07) is 2.77. The molecular weight excluding hydrogens is 316 g/mol. The van der Waals surface area contributed by atoms with E-state index in [0.717, 1.165) is 19.4 Å². The molecule has 8 heteroatoms. The molecule has 0 atom stereocenters. The van der Waals surface area contributed by atoms with E-state index < -0.39 is 29.1 Å². The van der Waals surface area contributed by atoms with Crippen molar-refractivity contribution in [2.45, 2.75) is 13.1 Å². The highest BCUT2D eigenvalue weighted by Gasteiger charge is 2.35. The molecule has 0 amide bonds. The van der Waals surface area contributed by atoms with Gasteiger partial charge in [-0.25, -0.2) is 9.18 Å². The highest BCUT2D eigenvalue weighted by Crippen LogP contribution is 2.39. The summed E-state index contributed by atoms with van der Waals surface area (Å²) in [6.07, 6.45) is -3.93. The Kier molecular flexibility index (Phi) is 4.26. The second-order valence-electron chi connectivity index (χ2n) is 4.79. The van der Waals surface area contributed by atoms with Gasteiger partial charge in [0, 0.05) is 11.3 Å². The lowest BCUT2D eigenvalue weighted by molar-refractivity contribution is -0.137. The van der Waals surface area contributed by atoms with Gasteiger partial charge in [-0.15, -0.1) is 0 Å². The van der Waals surface area contributed by atoms with Crippen molar-refractivity contribution in [1.29, 1.82) is 0 Å². The average Bonchev–Trinajstić information content (AvgIpc) is 2.47. The van der Waals surface area contributed by atoms with Crippen LogP contribution < -0.4 is 5.73 Å². The number of aromatic nitrogens is 1. The quantitative estimate of drug-likeness (QED) is 0.520. The number of hydrogen-bond acceptors (Lipinski definition) is 4. The second-order valence-corrected chi connectivity index (χ2v) is 4.79. The molecule has 1 aromatic heterocycles. The fraction of sp³-hybridized carbons (Fsp3) is 0.200. The third kappa shape index (κ3) is 3.25. The number of ether oxygens (including phenoxy) is 1. The van der Waals surface area contributed by atoms with E-state index in [1.54, 1.807) is 0 Å². The Bertz CT molecular complexity index is 773. The Hall–Kier alpha value is -2.64. The first-order chi connectivity index (χ1) is 10.6.